The summed E-state index contributed by atoms with van der Waals surface area (Å²) in [6.07, 6.45) is 7.67. The maximum absolute atomic E-state index is 13.5. The summed E-state index contributed by atoms with van der Waals surface area (Å²) in [4.78, 5) is 15.5. The first-order valence-electron chi connectivity index (χ1n) is 11.4. The number of fused-ring (bicyclic) bond motifs is 4. The highest BCUT2D eigenvalue weighted by atomic mass is 35.5. The van der Waals surface area contributed by atoms with Crippen LogP contribution in [0.4, 0.5) is 11.4 Å². The lowest BCUT2D eigenvalue weighted by molar-refractivity contribution is 0.0985. The van der Waals surface area contributed by atoms with Crippen molar-refractivity contribution in [2.45, 2.75) is 31.2 Å². The molecule has 0 bridgehead atoms. The lowest BCUT2D eigenvalue weighted by Crippen LogP contribution is -2.36. The Bertz CT molecular complexity index is 1220. The number of carbonyl (C=O) groups is 1. The molecule has 32 heavy (non-hydrogen) atoms. The van der Waals surface area contributed by atoms with E-state index in [-0.39, 0.29) is 11.9 Å². The number of anilines is 2. The van der Waals surface area contributed by atoms with Crippen molar-refractivity contribution in [2.75, 3.05) is 16.8 Å². The molecule has 1 N–H and O–H groups in total. The third-order valence-electron chi connectivity index (χ3n) is 7.19. The Morgan fingerprint density at radius 2 is 1.88 bits per heavy atom. The number of amides is 1. The summed E-state index contributed by atoms with van der Waals surface area (Å²) in [6, 6.07) is 22.9. The van der Waals surface area contributed by atoms with E-state index in [1.165, 1.54) is 16.7 Å². The van der Waals surface area contributed by atoms with Crippen LogP contribution in [-0.2, 0) is 6.42 Å². The van der Waals surface area contributed by atoms with Crippen LogP contribution in [0, 0.1) is 5.92 Å². The zero-order chi connectivity index (χ0) is 21.7. The first kappa shape index (κ1) is 19.6. The van der Waals surface area contributed by atoms with E-state index < -0.39 is 0 Å². The van der Waals surface area contributed by atoms with Crippen LogP contribution in [0.1, 0.15) is 51.8 Å². The molecule has 6 rings (SSSR count). The van der Waals surface area contributed by atoms with Crippen molar-refractivity contribution in [2.24, 2.45) is 5.92 Å². The van der Waals surface area contributed by atoms with Gasteiger partial charge in [-0.15, -0.1) is 0 Å². The molecule has 2 aliphatic heterocycles. The second-order valence-corrected chi connectivity index (χ2v) is 9.45. The molecule has 3 aromatic rings. The molecule has 3 atom stereocenters. The van der Waals surface area contributed by atoms with Crippen molar-refractivity contribution < 1.29 is 4.79 Å². The van der Waals surface area contributed by atoms with Gasteiger partial charge in [0.05, 0.1) is 6.04 Å². The van der Waals surface area contributed by atoms with Crippen LogP contribution in [-0.4, -0.2) is 12.5 Å². The van der Waals surface area contributed by atoms with E-state index in [4.69, 9.17) is 11.6 Å². The predicted octanol–water partition coefficient (Wildman–Crippen LogP) is 6.76. The molecule has 1 amide bonds. The molecule has 3 aliphatic rings. The average Bonchev–Trinajstić information content (AvgIpc) is 3.33. The summed E-state index contributed by atoms with van der Waals surface area (Å²) in [6.45, 7) is 0.774. The van der Waals surface area contributed by atoms with Gasteiger partial charge in [-0.2, -0.15) is 0 Å². The Labute approximate surface area is 193 Å². The lowest BCUT2D eigenvalue weighted by Gasteiger charge is -2.38. The van der Waals surface area contributed by atoms with E-state index in [2.05, 4.69) is 59.9 Å². The number of aryl methyl sites for hydroxylation is 1. The van der Waals surface area contributed by atoms with Crippen LogP contribution in [0.5, 0.6) is 0 Å². The zero-order valence-electron chi connectivity index (χ0n) is 17.8. The summed E-state index contributed by atoms with van der Waals surface area (Å²) in [7, 11) is 0. The maximum Gasteiger partial charge on any atom is 0.258 e. The van der Waals surface area contributed by atoms with Crippen molar-refractivity contribution in [3.63, 3.8) is 0 Å². The quantitative estimate of drug-likeness (QED) is 0.446. The van der Waals surface area contributed by atoms with Crippen LogP contribution in [0.2, 0.25) is 5.02 Å². The summed E-state index contributed by atoms with van der Waals surface area (Å²) >= 11 is 6.12. The van der Waals surface area contributed by atoms with Gasteiger partial charge in [0.15, 0.2) is 0 Å². The molecule has 3 aromatic carbocycles. The second-order valence-electron chi connectivity index (χ2n) is 9.02. The number of allylic oxidation sites excluding steroid dienone is 2. The minimum absolute atomic E-state index is 0.0956. The Kier molecular flexibility index (Phi) is 4.80. The van der Waals surface area contributed by atoms with Crippen LogP contribution >= 0.6 is 11.6 Å². The summed E-state index contributed by atoms with van der Waals surface area (Å²) < 4.78 is 0. The third-order valence-corrected chi connectivity index (χ3v) is 7.45. The number of benzene rings is 3. The van der Waals surface area contributed by atoms with Gasteiger partial charge >= 0.3 is 0 Å². The normalized spacial score (nSPS) is 23.2. The highest BCUT2D eigenvalue weighted by Gasteiger charge is 2.38. The van der Waals surface area contributed by atoms with Crippen LogP contribution in [0.25, 0.3) is 0 Å². The number of nitrogens with zero attached hydrogens (tertiary/aromatic N) is 1. The number of hydrogen-bond donors (Lipinski definition) is 1. The van der Waals surface area contributed by atoms with Gasteiger partial charge in [0, 0.05) is 34.4 Å². The topological polar surface area (TPSA) is 32.3 Å². The predicted molar refractivity (Wildman–Crippen MR) is 131 cm³/mol. The molecule has 0 fully saturated rings. The molecule has 4 heteroatoms. The van der Waals surface area contributed by atoms with Gasteiger partial charge in [-0.1, -0.05) is 54.1 Å². The molecule has 1 aliphatic carbocycles. The fourth-order valence-corrected chi connectivity index (χ4v) is 5.75. The monoisotopic (exact) mass is 440 g/mol. The van der Waals surface area contributed by atoms with Gasteiger partial charge in [0.2, 0.25) is 0 Å². The van der Waals surface area contributed by atoms with Crippen molar-refractivity contribution in [3.8, 4) is 0 Å². The van der Waals surface area contributed by atoms with Gasteiger partial charge in [-0.05, 0) is 78.3 Å². The summed E-state index contributed by atoms with van der Waals surface area (Å²) in [5.74, 6) is 0.844. The lowest BCUT2D eigenvalue weighted by atomic mass is 9.76. The number of nitrogens with one attached hydrogen (secondary N) is 1. The Morgan fingerprint density at radius 1 is 1.03 bits per heavy atom. The second kappa shape index (κ2) is 7.83. The Balaban J connectivity index is 1.34. The fraction of sp³-hybridized carbons (Fsp3) is 0.250. The zero-order valence-corrected chi connectivity index (χ0v) is 18.6. The standard InChI is InChI=1S/C28H25ClN2O/c29-21-13-10-19(11-14-21)27-23-8-3-7-22(23)24-17-20(12-15-25(24)30-27)28(32)31-16-4-6-18-5-1-2-9-26(18)31/h1-3,5,7,9-15,17,22-23,27,30H,4,6,8,16H2/t22-,23+,27-/m1/s1. The average molecular weight is 441 g/mol. The van der Waals surface area contributed by atoms with Crippen LogP contribution in [0.15, 0.2) is 78.9 Å². The number of halogens is 1. The molecule has 0 saturated carbocycles. The fourth-order valence-electron chi connectivity index (χ4n) is 5.63. The van der Waals surface area contributed by atoms with Gasteiger partial charge in [0.25, 0.3) is 5.91 Å². The molecule has 0 saturated heterocycles. The van der Waals surface area contributed by atoms with Crippen molar-refractivity contribution in [3.05, 3.63) is 106 Å². The largest absolute Gasteiger partial charge is 0.378 e. The molecule has 160 valence electrons. The third kappa shape index (κ3) is 3.23. The molecular weight excluding hydrogens is 416 g/mol. The van der Waals surface area contributed by atoms with Crippen molar-refractivity contribution >= 4 is 28.9 Å². The number of carbonyl (C=O) groups excluding carboxylic acids is 1. The van der Waals surface area contributed by atoms with E-state index >= 15 is 0 Å². The van der Waals surface area contributed by atoms with E-state index in [9.17, 15) is 4.79 Å². The maximum atomic E-state index is 13.5. The van der Waals surface area contributed by atoms with Crippen molar-refractivity contribution in [1.29, 1.82) is 0 Å². The highest BCUT2D eigenvalue weighted by Crippen LogP contribution is 2.50. The van der Waals surface area contributed by atoms with E-state index in [1.807, 2.05) is 29.2 Å². The van der Waals surface area contributed by atoms with Gasteiger partial charge in [0.1, 0.15) is 0 Å². The number of hydrogen-bond acceptors (Lipinski definition) is 2. The molecular formula is C28H25ClN2O. The highest BCUT2D eigenvalue weighted by molar-refractivity contribution is 6.30. The van der Waals surface area contributed by atoms with E-state index in [1.54, 1.807) is 0 Å². The SMILES string of the molecule is O=C(c1ccc2c(c1)[C@@H]1C=CC[C@@H]1[C@@H](c1ccc(Cl)cc1)N2)N1CCCc2ccccc21. The van der Waals surface area contributed by atoms with E-state index in [0.717, 1.165) is 47.8 Å². The Morgan fingerprint density at radius 3 is 2.75 bits per heavy atom. The number of rotatable bonds is 2. The molecule has 3 nitrogen and oxygen atoms in total. The molecule has 0 radical (unpaired) electrons. The molecule has 0 aromatic heterocycles. The Hall–Kier alpha value is -3.04. The minimum Gasteiger partial charge on any atom is -0.378 e. The van der Waals surface area contributed by atoms with E-state index in [0.29, 0.717) is 11.8 Å². The van der Waals surface area contributed by atoms with Gasteiger partial charge < -0.3 is 10.2 Å². The first-order chi connectivity index (χ1) is 15.7. The van der Waals surface area contributed by atoms with Gasteiger partial charge in [-0.25, -0.2) is 0 Å². The molecule has 2 heterocycles. The van der Waals surface area contributed by atoms with Crippen LogP contribution in [0.3, 0.4) is 0 Å². The smallest absolute Gasteiger partial charge is 0.258 e. The molecule has 0 unspecified atom stereocenters. The summed E-state index contributed by atoms with van der Waals surface area (Å²) in [5, 5.41) is 4.52. The minimum atomic E-state index is 0.0956. The summed E-state index contributed by atoms with van der Waals surface area (Å²) in [5.41, 5.74) is 6.69. The first-order valence-corrected chi connectivity index (χ1v) is 11.8. The van der Waals surface area contributed by atoms with Gasteiger partial charge in [-0.3, -0.25) is 4.79 Å². The number of para-hydroxylation sites is 1. The van der Waals surface area contributed by atoms with Crippen molar-refractivity contribution in [1.82, 2.24) is 0 Å². The van der Waals surface area contributed by atoms with Crippen LogP contribution < -0.4 is 10.2 Å². The molecule has 0 spiro atoms.